The number of carbonyl (C=O) groups is 2. The van der Waals surface area contributed by atoms with E-state index in [1.165, 1.54) is 11.1 Å². The summed E-state index contributed by atoms with van der Waals surface area (Å²) in [6, 6.07) is 11.4. The van der Waals surface area contributed by atoms with Crippen LogP contribution in [-0.4, -0.2) is 58.5 Å². The van der Waals surface area contributed by atoms with Gasteiger partial charge in [-0.15, -0.1) is 0 Å². The van der Waals surface area contributed by atoms with Crippen LogP contribution >= 0.6 is 0 Å². The molecule has 1 aliphatic rings. The van der Waals surface area contributed by atoms with Crippen LogP contribution < -0.4 is 5.32 Å². The number of hydrogen-bond donors (Lipinski definition) is 2. The molecule has 0 atom stereocenters. The van der Waals surface area contributed by atoms with Gasteiger partial charge in [-0.3, -0.25) is 19.1 Å². The Morgan fingerprint density at radius 3 is 2.81 bits per heavy atom. The summed E-state index contributed by atoms with van der Waals surface area (Å²) in [5.41, 5.74) is 1.87. The van der Waals surface area contributed by atoms with Crippen molar-refractivity contribution in [2.24, 2.45) is 0 Å². The number of aromatic amines is 1. The second-order valence-corrected chi connectivity index (χ2v) is 8.61. The molecule has 0 bridgehead atoms. The first-order valence-electron chi connectivity index (χ1n) is 11.4. The SMILES string of the molecule is CN(Cc1noc(C2CC2)n1)C(=O)c1cn[nH]c1C(=O)Nc1ccn2cc(-c3ccccc3)nc2n1. The average Bonchev–Trinajstić information content (AvgIpc) is 3.27. The van der Waals surface area contributed by atoms with Crippen molar-refractivity contribution >= 4 is 23.4 Å². The number of aromatic nitrogens is 7. The zero-order valence-corrected chi connectivity index (χ0v) is 19.3. The van der Waals surface area contributed by atoms with E-state index in [-0.39, 0.29) is 17.8 Å². The van der Waals surface area contributed by atoms with Gasteiger partial charge in [0.15, 0.2) is 5.82 Å². The molecule has 180 valence electrons. The first-order chi connectivity index (χ1) is 17.5. The fourth-order valence-electron chi connectivity index (χ4n) is 3.81. The maximum atomic E-state index is 13.0. The number of fused-ring (bicyclic) bond motifs is 1. The highest BCUT2D eigenvalue weighted by molar-refractivity contribution is 6.10. The lowest BCUT2D eigenvalue weighted by atomic mass is 10.2. The molecule has 36 heavy (non-hydrogen) atoms. The topological polar surface area (TPSA) is 147 Å². The second-order valence-electron chi connectivity index (χ2n) is 8.61. The van der Waals surface area contributed by atoms with Gasteiger partial charge in [-0.1, -0.05) is 35.5 Å². The maximum absolute atomic E-state index is 13.0. The van der Waals surface area contributed by atoms with Crippen LogP contribution in [-0.2, 0) is 6.54 Å². The third-order valence-corrected chi connectivity index (χ3v) is 5.87. The van der Waals surface area contributed by atoms with E-state index < -0.39 is 11.8 Å². The van der Waals surface area contributed by atoms with Crippen molar-refractivity contribution in [3.05, 3.63) is 78.0 Å². The Hall–Kier alpha value is -4.87. The Kier molecular flexibility index (Phi) is 5.25. The summed E-state index contributed by atoms with van der Waals surface area (Å²) in [5, 5.41) is 13.2. The van der Waals surface area contributed by atoms with Crippen LogP contribution in [0.1, 0.15) is 51.3 Å². The van der Waals surface area contributed by atoms with Gasteiger partial charge in [-0.25, -0.2) is 4.98 Å². The van der Waals surface area contributed by atoms with Crippen molar-refractivity contribution in [1.29, 1.82) is 0 Å². The number of imidazole rings is 1. The molecule has 0 saturated heterocycles. The smallest absolute Gasteiger partial charge is 0.275 e. The van der Waals surface area contributed by atoms with Crippen LogP contribution in [0.3, 0.4) is 0 Å². The lowest BCUT2D eigenvalue weighted by molar-refractivity contribution is 0.0775. The molecule has 0 spiro atoms. The van der Waals surface area contributed by atoms with Gasteiger partial charge in [-0.2, -0.15) is 15.1 Å². The van der Waals surface area contributed by atoms with E-state index in [1.54, 1.807) is 23.7 Å². The molecular formula is C24H21N9O3. The van der Waals surface area contributed by atoms with E-state index in [4.69, 9.17) is 4.52 Å². The molecule has 1 saturated carbocycles. The van der Waals surface area contributed by atoms with Gasteiger partial charge in [0.1, 0.15) is 11.5 Å². The number of amides is 2. The molecular weight excluding hydrogens is 462 g/mol. The summed E-state index contributed by atoms with van der Waals surface area (Å²) < 4.78 is 7.02. The van der Waals surface area contributed by atoms with Crippen LogP contribution in [0.2, 0.25) is 0 Å². The molecule has 0 aliphatic heterocycles. The average molecular weight is 483 g/mol. The molecule has 4 heterocycles. The van der Waals surface area contributed by atoms with Crippen LogP contribution in [0.25, 0.3) is 17.0 Å². The number of H-pyrrole nitrogens is 1. The number of benzene rings is 1. The Balaban J connectivity index is 1.16. The third kappa shape index (κ3) is 4.19. The molecule has 1 aliphatic carbocycles. The number of nitrogens with one attached hydrogen (secondary N) is 2. The van der Waals surface area contributed by atoms with E-state index in [1.807, 2.05) is 36.5 Å². The van der Waals surface area contributed by atoms with Gasteiger partial charge in [0.05, 0.1) is 24.0 Å². The molecule has 5 aromatic rings. The minimum absolute atomic E-state index is 0.0219. The molecule has 12 heteroatoms. The van der Waals surface area contributed by atoms with Crippen molar-refractivity contribution in [2.75, 3.05) is 12.4 Å². The third-order valence-electron chi connectivity index (χ3n) is 5.87. The minimum Gasteiger partial charge on any atom is -0.339 e. The Bertz CT molecular complexity index is 1570. The van der Waals surface area contributed by atoms with Crippen LogP contribution in [0, 0.1) is 0 Å². The van der Waals surface area contributed by atoms with Crippen LogP contribution in [0.4, 0.5) is 5.82 Å². The highest BCUT2D eigenvalue weighted by Crippen LogP contribution is 2.38. The minimum atomic E-state index is -0.550. The zero-order chi connectivity index (χ0) is 24.6. The maximum Gasteiger partial charge on any atom is 0.275 e. The Labute approximate surface area is 204 Å². The zero-order valence-electron chi connectivity index (χ0n) is 19.3. The quantitative estimate of drug-likeness (QED) is 0.359. The number of hydrogen-bond acceptors (Lipinski definition) is 8. The van der Waals surface area contributed by atoms with Crippen molar-refractivity contribution in [3.8, 4) is 11.3 Å². The standard InChI is InChI=1S/C24H21N9O3/c1-32(13-19-28-22(36-31-19)15-7-8-15)23(35)16-11-25-30-20(16)21(34)27-18-9-10-33-12-17(26-24(33)29-18)14-5-3-2-4-6-14/h2-6,9-12,15H,7-8,13H2,1H3,(H,25,30)(H,26,27,29,34). The normalized spacial score (nSPS) is 13.1. The number of anilines is 1. The molecule has 6 rings (SSSR count). The van der Waals surface area contributed by atoms with Gasteiger partial charge in [-0.05, 0) is 18.9 Å². The summed E-state index contributed by atoms with van der Waals surface area (Å²) in [7, 11) is 1.60. The van der Waals surface area contributed by atoms with Gasteiger partial charge in [0.2, 0.25) is 11.7 Å². The van der Waals surface area contributed by atoms with Crippen LogP contribution in [0.15, 0.2) is 59.5 Å². The fraction of sp³-hybridized carbons (Fsp3) is 0.208. The molecule has 1 fully saturated rings. The lowest BCUT2D eigenvalue weighted by Gasteiger charge is -2.14. The van der Waals surface area contributed by atoms with E-state index in [2.05, 4.69) is 35.6 Å². The van der Waals surface area contributed by atoms with Crippen molar-refractivity contribution in [1.82, 2.24) is 39.6 Å². The molecule has 0 radical (unpaired) electrons. The van der Waals surface area contributed by atoms with Gasteiger partial charge >= 0.3 is 0 Å². The number of nitrogens with zero attached hydrogens (tertiary/aromatic N) is 7. The largest absolute Gasteiger partial charge is 0.339 e. The number of carbonyl (C=O) groups excluding carboxylic acids is 2. The predicted octanol–water partition coefficient (Wildman–Crippen LogP) is 2.90. The molecule has 2 N–H and O–H groups in total. The fourth-order valence-corrected chi connectivity index (χ4v) is 3.81. The molecule has 1 aromatic carbocycles. The molecule has 2 amide bonds. The molecule has 12 nitrogen and oxygen atoms in total. The van der Waals surface area contributed by atoms with E-state index in [9.17, 15) is 9.59 Å². The van der Waals surface area contributed by atoms with Gasteiger partial charge in [0, 0.05) is 30.9 Å². The second kappa shape index (κ2) is 8.73. The first kappa shape index (κ1) is 21.6. The van der Waals surface area contributed by atoms with Crippen molar-refractivity contribution < 1.29 is 14.1 Å². The number of rotatable bonds is 7. The van der Waals surface area contributed by atoms with Crippen molar-refractivity contribution in [3.63, 3.8) is 0 Å². The monoisotopic (exact) mass is 483 g/mol. The summed E-state index contributed by atoms with van der Waals surface area (Å²) in [6.07, 6.45) is 7.02. The van der Waals surface area contributed by atoms with E-state index >= 15 is 0 Å². The molecule has 4 aromatic heterocycles. The van der Waals surface area contributed by atoms with Gasteiger partial charge in [0.25, 0.3) is 11.8 Å². The van der Waals surface area contributed by atoms with E-state index in [0.717, 1.165) is 24.1 Å². The summed E-state index contributed by atoms with van der Waals surface area (Å²) in [4.78, 5) is 40.7. The molecule has 0 unspecified atom stereocenters. The first-order valence-corrected chi connectivity index (χ1v) is 11.4. The highest BCUT2D eigenvalue weighted by Gasteiger charge is 2.30. The lowest BCUT2D eigenvalue weighted by Crippen LogP contribution is -2.28. The Morgan fingerprint density at radius 1 is 1.17 bits per heavy atom. The summed E-state index contributed by atoms with van der Waals surface area (Å²) >= 11 is 0. The van der Waals surface area contributed by atoms with Crippen LogP contribution in [0.5, 0.6) is 0 Å². The van der Waals surface area contributed by atoms with Gasteiger partial charge < -0.3 is 14.7 Å². The highest BCUT2D eigenvalue weighted by atomic mass is 16.5. The summed E-state index contributed by atoms with van der Waals surface area (Å²) in [5.74, 6) is 1.11. The van der Waals surface area contributed by atoms with E-state index in [0.29, 0.717) is 29.2 Å². The van der Waals surface area contributed by atoms with Crippen molar-refractivity contribution in [2.45, 2.75) is 25.3 Å². The predicted molar refractivity (Wildman–Crippen MR) is 127 cm³/mol. The Morgan fingerprint density at radius 2 is 2.00 bits per heavy atom. The summed E-state index contributed by atoms with van der Waals surface area (Å²) in [6.45, 7) is 0.142.